The number of aliphatic hydroxyl groups is 1. The van der Waals surface area contributed by atoms with Crippen LogP contribution in [0.15, 0.2) is 48.5 Å². The van der Waals surface area contributed by atoms with E-state index in [-0.39, 0.29) is 36.5 Å². The standard InChI is InChI=1S/C27H33FN4O2/c1-30(2)15-5-6-20-7-9-21(10-8-20)26-24-18-31(16-3-4-17-32(24)25(26)19-33)27(34)29-23-13-11-22(28)12-14-23/h7-14,24-26,33H,3-4,15-19H2,1-2H3,(H,29,34)/t24-,25+,26+/m1/s1. The predicted octanol–water partition coefficient (Wildman–Crippen LogP) is 3.20. The quantitative estimate of drug-likeness (QED) is 0.683. The number of aliphatic hydroxyl groups excluding tert-OH is 1. The van der Waals surface area contributed by atoms with Crippen LogP contribution in [0.5, 0.6) is 0 Å². The molecule has 0 bridgehead atoms. The number of nitrogens with zero attached hydrogens (tertiary/aromatic N) is 3. The monoisotopic (exact) mass is 464 g/mol. The fraction of sp³-hybridized carbons (Fsp3) is 0.444. The number of rotatable bonds is 4. The topological polar surface area (TPSA) is 59.0 Å². The highest BCUT2D eigenvalue weighted by Crippen LogP contribution is 2.42. The predicted molar refractivity (Wildman–Crippen MR) is 132 cm³/mol. The van der Waals surface area contributed by atoms with Crippen LogP contribution < -0.4 is 5.32 Å². The van der Waals surface area contributed by atoms with Gasteiger partial charge in [-0.3, -0.25) is 9.80 Å². The normalized spacial score (nSPS) is 22.6. The van der Waals surface area contributed by atoms with Gasteiger partial charge >= 0.3 is 6.03 Å². The van der Waals surface area contributed by atoms with Crippen LogP contribution in [0.25, 0.3) is 0 Å². The van der Waals surface area contributed by atoms with E-state index in [1.165, 1.54) is 12.1 Å². The van der Waals surface area contributed by atoms with Gasteiger partial charge in [0.25, 0.3) is 0 Å². The molecule has 0 unspecified atom stereocenters. The first-order valence-corrected chi connectivity index (χ1v) is 11.9. The van der Waals surface area contributed by atoms with Crippen LogP contribution >= 0.6 is 0 Å². The summed E-state index contributed by atoms with van der Waals surface area (Å²) in [5.74, 6) is 6.16. The molecule has 2 fully saturated rings. The van der Waals surface area contributed by atoms with Gasteiger partial charge in [0.2, 0.25) is 0 Å². The number of carbonyl (C=O) groups excluding carboxylic acids is 1. The molecule has 7 heteroatoms. The SMILES string of the molecule is CN(C)CC#Cc1ccc([C@H]2[C@H]3CN(C(=O)Nc4ccc(F)cc4)CCCCN3[C@H]2CO)cc1. The number of anilines is 1. The number of nitrogens with one attached hydrogen (secondary N) is 1. The number of fused-ring (bicyclic) bond motifs is 1. The van der Waals surface area contributed by atoms with Crippen molar-refractivity contribution in [1.29, 1.82) is 0 Å². The van der Waals surface area contributed by atoms with Crippen LogP contribution in [-0.4, -0.2) is 84.8 Å². The van der Waals surface area contributed by atoms with E-state index in [9.17, 15) is 14.3 Å². The van der Waals surface area contributed by atoms with Crippen molar-refractivity contribution >= 4 is 11.7 Å². The Morgan fingerprint density at radius 2 is 1.82 bits per heavy atom. The fourth-order valence-electron chi connectivity index (χ4n) is 4.95. The molecule has 3 atom stereocenters. The molecule has 2 aliphatic heterocycles. The van der Waals surface area contributed by atoms with Crippen molar-refractivity contribution in [3.63, 3.8) is 0 Å². The molecule has 2 saturated heterocycles. The van der Waals surface area contributed by atoms with E-state index >= 15 is 0 Å². The largest absolute Gasteiger partial charge is 0.395 e. The van der Waals surface area contributed by atoms with Crippen molar-refractivity contribution in [2.75, 3.05) is 52.2 Å². The molecule has 0 saturated carbocycles. The van der Waals surface area contributed by atoms with E-state index in [1.807, 2.05) is 36.0 Å². The molecule has 2 heterocycles. The van der Waals surface area contributed by atoms with Gasteiger partial charge in [-0.1, -0.05) is 24.0 Å². The lowest BCUT2D eigenvalue weighted by molar-refractivity contribution is -0.0585. The number of amides is 2. The van der Waals surface area contributed by atoms with Crippen LogP contribution in [0, 0.1) is 17.7 Å². The molecule has 6 nitrogen and oxygen atoms in total. The molecular formula is C27H33FN4O2. The van der Waals surface area contributed by atoms with Gasteiger partial charge in [0, 0.05) is 42.3 Å². The van der Waals surface area contributed by atoms with Crippen LogP contribution in [0.2, 0.25) is 0 Å². The molecule has 0 aromatic heterocycles. The van der Waals surface area contributed by atoms with Crippen LogP contribution in [-0.2, 0) is 0 Å². The van der Waals surface area contributed by atoms with Crippen molar-refractivity contribution in [2.45, 2.75) is 30.8 Å². The van der Waals surface area contributed by atoms with Gasteiger partial charge in [-0.15, -0.1) is 0 Å². The summed E-state index contributed by atoms with van der Waals surface area (Å²) in [4.78, 5) is 19.2. The summed E-state index contributed by atoms with van der Waals surface area (Å²) in [5, 5.41) is 13.0. The first-order chi connectivity index (χ1) is 16.5. The second kappa shape index (κ2) is 11.0. The maximum absolute atomic E-state index is 13.2. The maximum atomic E-state index is 13.2. The molecule has 2 aromatic carbocycles. The Kier molecular flexibility index (Phi) is 7.84. The van der Waals surface area contributed by atoms with Crippen LogP contribution in [0.1, 0.15) is 29.9 Å². The summed E-state index contributed by atoms with van der Waals surface area (Å²) in [7, 11) is 3.99. The summed E-state index contributed by atoms with van der Waals surface area (Å²) >= 11 is 0. The summed E-state index contributed by atoms with van der Waals surface area (Å²) in [6.45, 7) is 2.98. The lowest BCUT2D eigenvalue weighted by Crippen LogP contribution is -2.68. The number of hydrogen-bond donors (Lipinski definition) is 2. The number of hydrogen-bond acceptors (Lipinski definition) is 4. The summed E-state index contributed by atoms with van der Waals surface area (Å²) in [5.41, 5.74) is 2.72. The molecule has 180 valence electrons. The number of carbonyl (C=O) groups is 1. The minimum absolute atomic E-state index is 0.0517. The first-order valence-electron chi connectivity index (χ1n) is 11.9. The number of halogens is 1. The lowest BCUT2D eigenvalue weighted by Gasteiger charge is -2.57. The van der Waals surface area contributed by atoms with Crippen LogP contribution in [0.3, 0.4) is 0 Å². The fourth-order valence-corrected chi connectivity index (χ4v) is 4.95. The second-order valence-electron chi connectivity index (χ2n) is 9.33. The molecular weight excluding hydrogens is 431 g/mol. The molecule has 4 rings (SSSR count). The smallest absolute Gasteiger partial charge is 0.321 e. The van der Waals surface area contributed by atoms with Crippen molar-refractivity contribution in [2.24, 2.45) is 0 Å². The zero-order chi connectivity index (χ0) is 24.1. The van der Waals surface area contributed by atoms with Gasteiger partial charge in [0.05, 0.1) is 13.2 Å². The lowest BCUT2D eigenvalue weighted by atomic mass is 9.74. The Morgan fingerprint density at radius 1 is 1.12 bits per heavy atom. The molecule has 0 radical (unpaired) electrons. The molecule has 2 amide bonds. The molecule has 2 aromatic rings. The van der Waals surface area contributed by atoms with Crippen molar-refractivity contribution in [3.8, 4) is 11.8 Å². The summed E-state index contributed by atoms with van der Waals surface area (Å²) < 4.78 is 13.2. The minimum Gasteiger partial charge on any atom is -0.395 e. The minimum atomic E-state index is -0.332. The molecule has 2 N–H and O–H groups in total. The highest BCUT2D eigenvalue weighted by molar-refractivity contribution is 5.89. The van der Waals surface area contributed by atoms with E-state index in [4.69, 9.17) is 0 Å². The molecule has 34 heavy (non-hydrogen) atoms. The molecule has 0 aliphatic carbocycles. The van der Waals surface area contributed by atoms with E-state index < -0.39 is 0 Å². The number of urea groups is 1. The Labute approximate surface area is 201 Å². The number of benzene rings is 2. The van der Waals surface area contributed by atoms with Gasteiger partial charge < -0.3 is 15.3 Å². The van der Waals surface area contributed by atoms with Crippen molar-refractivity contribution in [3.05, 3.63) is 65.5 Å². The third-order valence-corrected chi connectivity index (χ3v) is 6.68. The average molecular weight is 465 g/mol. The van der Waals surface area contributed by atoms with E-state index in [2.05, 4.69) is 34.2 Å². The highest BCUT2D eigenvalue weighted by atomic mass is 19.1. The van der Waals surface area contributed by atoms with Gasteiger partial charge in [-0.25, -0.2) is 9.18 Å². The second-order valence-corrected chi connectivity index (χ2v) is 9.33. The van der Waals surface area contributed by atoms with Gasteiger partial charge in [-0.2, -0.15) is 0 Å². The van der Waals surface area contributed by atoms with Crippen molar-refractivity contribution < 1.29 is 14.3 Å². The van der Waals surface area contributed by atoms with E-state index in [0.717, 1.165) is 30.5 Å². The average Bonchev–Trinajstić information content (AvgIpc) is 2.80. The third-order valence-electron chi connectivity index (χ3n) is 6.68. The molecule has 0 spiro atoms. The Hall–Kier alpha value is -2.92. The van der Waals surface area contributed by atoms with Crippen LogP contribution in [0.4, 0.5) is 14.9 Å². The zero-order valence-electron chi connectivity index (χ0n) is 19.9. The Balaban J connectivity index is 1.48. The van der Waals surface area contributed by atoms with Gasteiger partial charge in [0.1, 0.15) is 5.82 Å². The van der Waals surface area contributed by atoms with Crippen molar-refractivity contribution in [1.82, 2.24) is 14.7 Å². The van der Waals surface area contributed by atoms with E-state index in [1.54, 1.807) is 12.1 Å². The molecule has 2 aliphatic rings. The third kappa shape index (κ3) is 5.58. The van der Waals surface area contributed by atoms with E-state index in [0.29, 0.717) is 25.3 Å². The Morgan fingerprint density at radius 3 is 2.50 bits per heavy atom. The summed E-state index contributed by atoms with van der Waals surface area (Å²) in [6, 6.07) is 14.1. The zero-order valence-corrected chi connectivity index (χ0v) is 19.9. The maximum Gasteiger partial charge on any atom is 0.321 e. The summed E-state index contributed by atoms with van der Waals surface area (Å²) in [6.07, 6.45) is 1.88. The first kappa shape index (κ1) is 24.2. The van der Waals surface area contributed by atoms with Gasteiger partial charge in [-0.05, 0) is 75.4 Å². The Bertz CT molecular complexity index is 1030. The van der Waals surface area contributed by atoms with Gasteiger partial charge in [0.15, 0.2) is 0 Å². The highest BCUT2D eigenvalue weighted by Gasteiger charge is 2.49.